The average Bonchev–Trinajstić information content (AvgIpc) is 1.98. The molecule has 66 valence electrons. The highest BCUT2D eigenvalue weighted by molar-refractivity contribution is 5.88. The third kappa shape index (κ3) is 0.725. The third-order valence-electron chi connectivity index (χ3n) is 4.35. The van der Waals surface area contributed by atoms with Gasteiger partial charge in [0.05, 0.1) is 0 Å². The van der Waals surface area contributed by atoms with Crippen LogP contribution in [0.1, 0.15) is 39.0 Å². The fourth-order valence-electron chi connectivity index (χ4n) is 4.16. The van der Waals surface area contributed by atoms with Crippen molar-refractivity contribution in [2.24, 2.45) is 23.2 Å². The number of hydrogen-bond donors (Lipinski definition) is 0. The predicted molar refractivity (Wildman–Crippen MR) is 46.7 cm³/mol. The van der Waals surface area contributed by atoms with E-state index < -0.39 is 0 Å². The zero-order valence-corrected chi connectivity index (χ0v) is 7.68. The van der Waals surface area contributed by atoms with Crippen LogP contribution in [0.3, 0.4) is 0 Å². The Morgan fingerprint density at radius 2 is 1.75 bits per heavy atom. The van der Waals surface area contributed by atoms with Crippen molar-refractivity contribution in [2.45, 2.75) is 39.0 Å². The number of ketones is 1. The zero-order valence-electron chi connectivity index (χ0n) is 7.68. The van der Waals surface area contributed by atoms with Crippen LogP contribution in [0, 0.1) is 23.2 Å². The summed E-state index contributed by atoms with van der Waals surface area (Å²) in [4.78, 5) is 11.9. The van der Waals surface area contributed by atoms with Crippen LogP contribution >= 0.6 is 0 Å². The molecule has 0 aromatic carbocycles. The second kappa shape index (κ2) is 1.94. The molecule has 0 aromatic heterocycles. The predicted octanol–water partition coefficient (Wildman–Crippen LogP) is 2.40. The first-order chi connectivity index (χ1) is 5.67. The van der Waals surface area contributed by atoms with Gasteiger partial charge in [0.25, 0.3) is 0 Å². The maximum Gasteiger partial charge on any atom is 0.141 e. The maximum atomic E-state index is 11.9. The molecule has 0 amide bonds. The lowest BCUT2D eigenvalue weighted by Gasteiger charge is -2.54. The summed E-state index contributed by atoms with van der Waals surface area (Å²) in [6.07, 6.45) is 6.30. The van der Waals surface area contributed by atoms with Gasteiger partial charge in [-0.25, -0.2) is 0 Å². The molecule has 4 fully saturated rings. The Balaban J connectivity index is 2.02. The van der Waals surface area contributed by atoms with Crippen molar-refractivity contribution in [2.75, 3.05) is 0 Å². The van der Waals surface area contributed by atoms with E-state index in [0.29, 0.717) is 11.7 Å². The number of Topliss-reactive ketones (excluding diaryl/α,β-unsaturated/α-hetero) is 1. The minimum absolute atomic E-state index is 0.120. The molecule has 0 spiro atoms. The van der Waals surface area contributed by atoms with Crippen molar-refractivity contribution >= 4 is 5.78 Å². The summed E-state index contributed by atoms with van der Waals surface area (Å²) >= 11 is 0. The van der Waals surface area contributed by atoms with Gasteiger partial charge in [-0.1, -0.05) is 6.92 Å². The van der Waals surface area contributed by atoms with E-state index in [4.69, 9.17) is 0 Å². The van der Waals surface area contributed by atoms with E-state index >= 15 is 0 Å². The smallest absolute Gasteiger partial charge is 0.141 e. The van der Waals surface area contributed by atoms with Crippen molar-refractivity contribution in [3.8, 4) is 0 Å². The number of carbonyl (C=O) groups is 1. The normalized spacial score (nSPS) is 56.4. The molecule has 0 radical (unpaired) electrons. The lowest BCUT2D eigenvalue weighted by molar-refractivity contribution is -0.150. The minimum atomic E-state index is 0.120. The Morgan fingerprint density at radius 3 is 2.25 bits per heavy atom. The van der Waals surface area contributed by atoms with Gasteiger partial charge >= 0.3 is 0 Å². The monoisotopic (exact) mass is 164 g/mol. The van der Waals surface area contributed by atoms with E-state index in [1.807, 2.05) is 0 Å². The largest absolute Gasteiger partial charge is 0.299 e. The summed E-state index contributed by atoms with van der Waals surface area (Å²) in [7, 11) is 0. The molecule has 0 saturated heterocycles. The molecule has 0 heterocycles. The molecule has 4 aliphatic rings. The van der Waals surface area contributed by atoms with Crippen molar-refractivity contribution in [1.82, 2.24) is 0 Å². The highest BCUT2D eigenvalue weighted by atomic mass is 16.1. The molecule has 0 aliphatic heterocycles. The van der Waals surface area contributed by atoms with Crippen LogP contribution < -0.4 is 0 Å². The average molecular weight is 164 g/mol. The fourth-order valence-corrected chi connectivity index (χ4v) is 4.16. The lowest BCUT2D eigenvalue weighted by atomic mass is 9.50. The van der Waals surface area contributed by atoms with Gasteiger partial charge in [0.2, 0.25) is 0 Å². The molecule has 1 nitrogen and oxygen atoms in total. The van der Waals surface area contributed by atoms with Gasteiger partial charge in [-0.15, -0.1) is 0 Å². The zero-order chi connectivity index (χ0) is 8.34. The maximum absolute atomic E-state index is 11.9. The second-order valence-electron chi connectivity index (χ2n) is 5.47. The van der Waals surface area contributed by atoms with Gasteiger partial charge in [-0.2, -0.15) is 0 Å². The molecule has 2 unspecified atom stereocenters. The molecular weight excluding hydrogens is 148 g/mol. The topological polar surface area (TPSA) is 17.1 Å². The molecule has 4 aliphatic carbocycles. The summed E-state index contributed by atoms with van der Waals surface area (Å²) in [6, 6.07) is 0. The number of rotatable bonds is 0. The Kier molecular flexibility index (Phi) is 1.15. The van der Waals surface area contributed by atoms with Gasteiger partial charge in [-0.3, -0.25) is 4.79 Å². The van der Waals surface area contributed by atoms with Crippen LogP contribution in [0.4, 0.5) is 0 Å². The Morgan fingerprint density at radius 1 is 1.17 bits per heavy atom. The van der Waals surface area contributed by atoms with Crippen molar-refractivity contribution < 1.29 is 4.79 Å². The Labute approximate surface area is 73.5 Å². The van der Waals surface area contributed by atoms with Crippen LogP contribution in [0.15, 0.2) is 0 Å². The molecule has 4 saturated carbocycles. The quantitative estimate of drug-likeness (QED) is 0.537. The summed E-state index contributed by atoms with van der Waals surface area (Å²) in [5.41, 5.74) is 0.120. The summed E-state index contributed by atoms with van der Waals surface area (Å²) < 4.78 is 0. The number of carbonyl (C=O) groups excluding carboxylic acids is 1. The first-order valence-corrected chi connectivity index (χ1v) is 5.22. The van der Waals surface area contributed by atoms with E-state index in [1.54, 1.807) is 0 Å². The van der Waals surface area contributed by atoms with Crippen LogP contribution in [-0.2, 0) is 4.79 Å². The van der Waals surface area contributed by atoms with Crippen LogP contribution in [0.25, 0.3) is 0 Å². The van der Waals surface area contributed by atoms with Crippen LogP contribution in [-0.4, -0.2) is 5.78 Å². The lowest BCUT2D eigenvalue weighted by Crippen LogP contribution is -2.51. The van der Waals surface area contributed by atoms with E-state index in [2.05, 4.69) is 6.92 Å². The highest BCUT2D eigenvalue weighted by Gasteiger charge is 2.53. The molecule has 4 rings (SSSR count). The van der Waals surface area contributed by atoms with Crippen LogP contribution in [0.2, 0.25) is 0 Å². The van der Waals surface area contributed by atoms with Crippen molar-refractivity contribution in [3.63, 3.8) is 0 Å². The summed E-state index contributed by atoms with van der Waals surface area (Å²) in [5.74, 6) is 2.89. The van der Waals surface area contributed by atoms with Crippen LogP contribution in [0.5, 0.6) is 0 Å². The standard InChI is InChI=1S/C11H16O/c1-11-5-7-2-8(6-11)4-9(3-7)10(11)12/h7-9H,2-6H2,1H3. The minimum Gasteiger partial charge on any atom is -0.299 e. The fraction of sp³-hybridized carbons (Fsp3) is 0.909. The molecule has 4 bridgehead atoms. The Bertz CT molecular complexity index is 229. The SMILES string of the molecule is CC12CC3CC(CC(C3)C1=O)C2. The third-order valence-corrected chi connectivity index (χ3v) is 4.35. The molecule has 2 atom stereocenters. The van der Waals surface area contributed by atoms with Gasteiger partial charge in [0.1, 0.15) is 5.78 Å². The van der Waals surface area contributed by atoms with Crippen molar-refractivity contribution in [3.05, 3.63) is 0 Å². The molecule has 12 heavy (non-hydrogen) atoms. The first kappa shape index (κ1) is 7.11. The van der Waals surface area contributed by atoms with E-state index in [-0.39, 0.29) is 5.41 Å². The summed E-state index contributed by atoms with van der Waals surface area (Å²) in [6.45, 7) is 2.21. The summed E-state index contributed by atoms with van der Waals surface area (Å²) in [5, 5.41) is 0. The van der Waals surface area contributed by atoms with E-state index in [9.17, 15) is 4.79 Å². The van der Waals surface area contributed by atoms with Gasteiger partial charge in [0, 0.05) is 11.3 Å². The van der Waals surface area contributed by atoms with Gasteiger partial charge in [-0.05, 0) is 43.9 Å². The molecule has 0 aromatic rings. The highest BCUT2D eigenvalue weighted by Crippen LogP contribution is 2.57. The second-order valence-corrected chi connectivity index (χ2v) is 5.47. The number of hydrogen-bond acceptors (Lipinski definition) is 1. The van der Waals surface area contributed by atoms with Gasteiger partial charge in [0.15, 0.2) is 0 Å². The van der Waals surface area contributed by atoms with E-state index in [1.165, 1.54) is 32.1 Å². The van der Waals surface area contributed by atoms with Gasteiger partial charge < -0.3 is 0 Å². The Hall–Kier alpha value is -0.330. The van der Waals surface area contributed by atoms with Crippen molar-refractivity contribution in [1.29, 1.82) is 0 Å². The van der Waals surface area contributed by atoms with E-state index in [0.717, 1.165) is 11.8 Å². The first-order valence-electron chi connectivity index (χ1n) is 5.22. The molecular formula is C11H16O. The molecule has 0 N–H and O–H groups in total. The molecule has 1 heteroatoms.